The lowest BCUT2D eigenvalue weighted by Gasteiger charge is -2.41. The van der Waals surface area contributed by atoms with Crippen molar-refractivity contribution in [2.45, 2.75) is 25.4 Å². The Bertz CT molecular complexity index is 587. The maximum Gasteiger partial charge on any atom is 0.320 e. The van der Waals surface area contributed by atoms with Crippen LogP contribution in [0, 0.1) is 5.92 Å². The number of rotatable bonds is 2. The van der Waals surface area contributed by atoms with Crippen LogP contribution in [0.15, 0.2) is 24.4 Å². The van der Waals surface area contributed by atoms with E-state index in [9.17, 15) is 4.79 Å². The number of hydrogen-bond donors (Lipinski definition) is 0. The summed E-state index contributed by atoms with van der Waals surface area (Å²) in [6, 6.07) is 6.74. The summed E-state index contributed by atoms with van der Waals surface area (Å²) in [7, 11) is 2.13. The number of pyridine rings is 1. The van der Waals surface area contributed by atoms with E-state index in [1.165, 1.54) is 6.42 Å². The van der Waals surface area contributed by atoms with Crippen LogP contribution >= 0.6 is 0 Å². The van der Waals surface area contributed by atoms with Crippen molar-refractivity contribution in [3.05, 3.63) is 30.1 Å². The molecule has 1 aromatic rings. The highest BCUT2D eigenvalue weighted by molar-refractivity contribution is 5.75. The molecule has 0 unspecified atom stereocenters. The van der Waals surface area contributed by atoms with Gasteiger partial charge >= 0.3 is 6.03 Å². The van der Waals surface area contributed by atoms with Crippen molar-refractivity contribution in [1.29, 1.82) is 0 Å². The van der Waals surface area contributed by atoms with Crippen molar-refractivity contribution in [2.75, 3.05) is 52.9 Å². The largest absolute Gasteiger partial charge is 0.322 e. The molecule has 5 rings (SSSR count). The number of carbonyl (C=O) groups excluding carboxylic acids is 1. The lowest BCUT2D eigenvalue weighted by molar-refractivity contribution is 0.0895. The molecular formula is C19H29N5O. The number of likely N-dealkylation sites (N-methyl/N-ethyl adjacent to an activating group) is 1. The Morgan fingerprint density at radius 2 is 1.96 bits per heavy atom. The standard InChI is InChI=1S/C19H29N5O/c1-21-8-10-23(11-9-21)19(25)24-13-16-5-6-18(24)15-22(12-16)14-17-4-2-3-7-20-17/h2-4,7,16,18H,5-6,8-15H2,1H3/t16-,18+/m0/s1. The van der Waals surface area contributed by atoms with Gasteiger partial charge in [0, 0.05) is 64.6 Å². The number of hydrogen-bond acceptors (Lipinski definition) is 4. The lowest BCUT2D eigenvalue weighted by atomic mass is 9.95. The van der Waals surface area contributed by atoms with Crippen LogP contribution < -0.4 is 0 Å². The van der Waals surface area contributed by atoms with E-state index in [4.69, 9.17) is 0 Å². The van der Waals surface area contributed by atoms with E-state index in [2.05, 4.69) is 43.8 Å². The van der Waals surface area contributed by atoms with Crippen LogP contribution in [-0.4, -0.2) is 89.5 Å². The maximum atomic E-state index is 13.1. The highest BCUT2D eigenvalue weighted by atomic mass is 16.2. The molecule has 2 bridgehead atoms. The Hall–Kier alpha value is -1.66. The molecule has 5 heterocycles. The summed E-state index contributed by atoms with van der Waals surface area (Å²) in [5, 5.41) is 0. The zero-order chi connectivity index (χ0) is 17.2. The van der Waals surface area contributed by atoms with Gasteiger partial charge in [-0.3, -0.25) is 9.88 Å². The molecule has 0 saturated carbocycles. The molecule has 0 radical (unpaired) electrons. The number of nitrogens with zero attached hydrogens (tertiary/aromatic N) is 5. The summed E-state index contributed by atoms with van der Waals surface area (Å²) in [5.41, 5.74) is 1.13. The van der Waals surface area contributed by atoms with Gasteiger partial charge in [0.15, 0.2) is 0 Å². The van der Waals surface area contributed by atoms with Crippen molar-refractivity contribution in [2.24, 2.45) is 5.92 Å². The number of aromatic nitrogens is 1. The van der Waals surface area contributed by atoms with Gasteiger partial charge in [-0.25, -0.2) is 4.79 Å². The van der Waals surface area contributed by atoms with Gasteiger partial charge in [-0.2, -0.15) is 0 Å². The Kier molecular flexibility index (Phi) is 4.90. The molecule has 1 aromatic heterocycles. The van der Waals surface area contributed by atoms with E-state index in [-0.39, 0.29) is 6.03 Å². The summed E-state index contributed by atoms with van der Waals surface area (Å²) in [6.07, 6.45) is 4.25. The van der Waals surface area contributed by atoms with Gasteiger partial charge in [0.1, 0.15) is 0 Å². The van der Waals surface area contributed by atoms with E-state index in [0.717, 1.165) is 64.5 Å². The smallest absolute Gasteiger partial charge is 0.320 e. The van der Waals surface area contributed by atoms with Crippen molar-refractivity contribution in [3.8, 4) is 0 Å². The first-order valence-corrected chi connectivity index (χ1v) is 9.55. The maximum absolute atomic E-state index is 13.1. The Labute approximate surface area is 150 Å². The van der Waals surface area contributed by atoms with Crippen LogP contribution in [0.5, 0.6) is 0 Å². The zero-order valence-corrected chi connectivity index (χ0v) is 15.2. The summed E-state index contributed by atoms with van der Waals surface area (Å²) in [4.78, 5) is 26.6. The molecule has 0 spiro atoms. The fourth-order valence-electron chi connectivity index (χ4n) is 4.44. The molecule has 0 aliphatic carbocycles. The Morgan fingerprint density at radius 1 is 1.12 bits per heavy atom. The van der Waals surface area contributed by atoms with Gasteiger partial charge in [-0.15, -0.1) is 0 Å². The highest BCUT2D eigenvalue weighted by Gasteiger charge is 2.39. The summed E-state index contributed by atoms with van der Waals surface area (Å²) >= 11 is 0. The van der Waals surface area contributed by atoms with Crippen LogP contribution in [-0.2, 0) is 6.54 Å². The number of carbonyl (C=O) groups is 1. The minimum Gasteiger partial charge on any atom is -0.322 e. The van der Waals surface area contributed by atoms with E-state index in [1.54, 1.807) is 0 Å². The first kappa shape index (κ1) is 16.8. The van der Waals surface area contributed by atoms with Gasteiger partial charge < -0.3 is 14.7 Å². The predicted octanol–water partition coefficient (Wildman–Crippen LogP) is 1.35. The first-order chi connectivity index (χ1) is 12.2. The third kappa shape index (κ3) is 3.80. The van der Waals surface area contributed by atoms with Gasteiger partial charge in [0.05, 0.1) is 5.69 Å². The number of piperazine rings is 1. The predicted molar refractivity (Wildman–Crippen MR) is 97.2 cm³/mol. The molecule has 4 aliphatic heterocycles. The van der Waals surface area contributed by atoms with Gasteiger partial charge in [0.2, 0.25) is 0 Å². The van der Waals surface area contributed by atoms with Crippen LogP contribution in [0.2, 0.25) is 0 Å². The minimum atomic E-state index is 0.266. The summed E-state index contributed by atoms with van der Waals surface area (Å²) < 4.78 is 0. The fraction of sp³-hybridized carbons (Fsp3) is 0.684. The molecule has 6 nitrogen and oxygen atoms in total. The van der Waals surface area contributed by atoms with Crippen LogP contribution in [0.25, 0.3) is 0 Å². The van der Waals surface area contributed by atoms with Crippen molar-refractivity contribution < 1.29 is 4.79 Å². The topological polar surface area (TPSA) is 42.9 Å². The third-order valence-corrected chi connectivity index (χ3v) is 5.92. The molecule has 6 heteroatoms. The average Bonchev–Trinajstić information content (AvgIpc) is 2.93. The van der Waals surface area contributed by atoms with Crippen LogP contribution in [0.1, 0.15) is 18.5 Å². The molecule has 0 N–H and O–H groups in total. The molecule has 4 fully saturated rings. The van der Waals surface area contributed by atoms with Crippen molar-refractivity contribution >= 4 is 6.03 Å². The SMILES string of the molecule is CN1CCN(C(=O)N2C[C@H]3CC[C@@H]2CN(Cc2ccccn2)C3)CC1. The van der Waals surface area contributed by atoms with Gasteiger partial charge in [-0.05, 0) is 37.9 Å². The molecule has 136 valence electrons. The molecular weight excluding hydrogens is 314 g/mol. The highest BCUT2D eigenvalue weighted by Crippen LogP contribution is 2.29. The summed E-state index contributed by atoms with van der Waals surface area (Å²) in [6.45, 7) is 7.58. The normalized spacial score (nSPS) is 28.2. The van der Waals surface area contributed by atoms with E-state index < -0.39 is 0 Å². The minimum absolute atomic E-state index is 0.266. The Morgan fingerprint density at radius 3 is 2.72 bits per heavy atom. The average molecular weight is 343 g/mol. The number of amides is 2. The first-order valence-electron chi connectivity index (χ1n) is 9.55. The second kappa shape index (κ2) is 7.30. The molecule has 2 amide bonds. The fourth-order valence-corrected chi connectivity index (χ4v) is 4.44. The molecule has 0 aromatic carbocycles. The molecule has 2 atom stereocenters. The van der Waals surface area contributed by atoms with Gasteiger partial charge in [-0.1, -0.05) is 6.07 Å². The Balaban J connectivity index is 1.41. The second-order valence-electron chi connectivity index (χ2n) is 7.84. The van der Waals surface area contributed by atoms with Crippen LogP contribution in [0.4, 0.5) is 4.79 Å². The van der Waals surface area contributed by atoms with Crippen molar-refractivity contribution in [3.63, 3.8) is 0 Å². The number of urea groups is 1. The lowest BCUT2D eigenvalue weighted by Crippen LogP contribution is -2.56. The van der Waals surface area contributed by atoms with Gasteiger partial charge in [0.25, 0.3) is 0 Å². The molecule has 25 heavy (non-hydrogen) atoms. The number of piperidine rings is 1. The molecule has 4 aliphatic rings. The number of fused-ring (bicyclic) bond motifs is 4. The third-order valence-electron chi connectivity index (χ3n) is 5.92. The monoisotopic (exact) mass is 343 g/mol. The zero-order valence-electron chi connectivity index (χ0n) is 15.2. The summed E-state index contributed by atoms with van der Waals surface area (Å²) in [5.74, 6) is 0.596. The second-order valence-corrected chi connectivity index (χ2v) is 7.84. The van der Waals surface area contributed by atoms with Crippen molar-refractivity contribution in [1.82, 2.24) is 24.6 Å². The molecule has 4 saturated heterocycles. The van der Waals surface area contributed by atoms with Crippen LogP contribution in [0.3, 0.4) is 0 Å². The van der Waals surface area contributed by atoms with E-state index in [0.29, 0.717) is 12.0 Å². The van der Waals surface area contributed by atoms with E-state index >= 15 is 0 Å². The quantitative estimate of drug-likeness (QED) is 0.813. The van der Waals surface area contributed by atoms with E-state index in [1.807, 2.05) is 12.3 Å².